The maximum atomic E-state index is 9.19. The van der Waals surface area contributed by atoms with E-state index in [1.807, 2.05) is 0 Å². The largest absolute Gasteiger partial charge is 0.295 e. The summed E-state index contributed by atoms with van der Waals surface area (Å²) < 4.78 is 25.9. The van der Waals surface area contributed by atoms with Crippen molar-refractivity contribution in [1.82, 2.24) is 0 Å². The minimum absolute atomic E-state index is 0.715. The molecule has 0 aromatic carbocycles. The Morgan fingerprint density at radius 1 is 1.60 bits per heavy atom. The molecule has 0 amide bonds. The second-order valence-corrected chi connectivity index (χ2v) is 2.20. The van der Waals surface area contributed by atoms with Crippen molar-refractivity contribution in [2.75, 3.05) is 0 Å². The van der Waals surface area contributed by atoms with Gasteiger partial charge in [0.25, 0.3) is 7.12 Å². The van der Waals surface area contributed by atoms with E-state index in [-0.39, 0.29) is 0 Å². The third kappa shape index (κ3) is 24700. The fourth-order valence-corrected chi connectivity index (χ4v) is 0. The molecule has 0 unspecified atom stereocenters. The Kier molecular flexibility index (Phi) is 0.980. The Bertz CT molecular complexity index is 90.1. The van der Waals surface area contributed by atoms with Gasteiger partial charge in [0.2, 0.25) is 9.97 Å². The standard InChI is InChI=1S/BH3O3S/c1-5(2,3)4/h1H2,(H,2,3,4). The average Bonchev–Trinajstić information content (AvgIpc) is 0.722. The molecule has 30 valence electrons. The van der Waals surface area contributed by atoms with E-state index in [2.05, 4.69) is 0 Å². The Morgan fingerprint density at radius 2 is 1.60 bits per heavy atom. The van der Waals surface area contributed by atoms with Crippen LogP contribution in [-0.4, -0.2) is 20.1 Å². The first-order valence-corrected chi connectivity index (χ1v) is 2.77. The molecule has 0 saturated carbocycles. The highest BCUT2D eigenvalue weighted by Crippen LogP contribution is 1.57. The van der Waals surface area contributed by atoms with Crippen LogP contribution in [0.5, 0.6) is 0 Å². The van der Waals surface area contributed by atoms with E-state index in [0.29, 0.717) is 7.12 Å². The summed E-state index contributed by atoms with van der Waals surface area (Å²) in [5.41, 5.74) is 0. The smallest absolute Gasteiger partial charge is 0.291 e. The van der Waals surface area contributed by atoms with Crippen molar-refractivity contribution in [2.24, 2.45) is 0 Å². The lowest BCUT2D eigenvalue weighted by Gasteiger charge is -1.69. The van der Waals surface area contributed by atoms with Crippen molar-refractivity contribution in [3.63, 3.8) is 0 Å². The molecule has 0 bridgehead atoms. The van der Waals surface area contributed by atoms with E-state index in [4.69, 9.17) is 4.55 Å². The highest BCUT2D eigenvalue weighted by molar-refractivity contribution is 8.07. The highest BCUT2D eigenvalue weighted by atomic mass is 32.2. The Balaban J connectivity index is 4.06. The van der Waals surface area contributed by atoms with Gasteiger partial charge in [0.15, 0.2) is 0 Å². The van der Waals surface area contributed by atoms with Crippen LogP contribution >= 0.6 is 0 Å². The van der Waals surface area contributed by atoms with E-state index in [9.17, 15) is 8.42 Å². The first-order chi connectivity index (χ1) is 2.00. The normalized spacial score (nSPS) is 11.4. The summed E-state index contributed by atoms with van der Waals surface area (Å²) in [6, 6.07) is 0. The Hall–Kier alpha value is -0.0251. The molecule has 0 atom stereocenters. The maximum Gasteiger partial charge on any atom is 0.291 e. The first kappa shape index (κ1) is 4.97. The summed E-state index contributed by atoms with van der Waals surface area (Å²) in [4.78, 5) is 0. The van der Waals surface area contributed by atoms with Gasteiger partial charge in [-0.2, -0.15) is 0 Å². The molecule has 0 aliphatic rings. The fourth-order valence-electron chi connectivity index (χ4n) is 0. The summed E-state index contributed by atoms with van der Waals surface area (Å²) in [5.74, 6) is 0. The molecule has 1 N–H and O–H groups in total. The molecule has 0 fully saturated rings. The molecular formula is H3BO3S. The molecule has 0 aliphatic heterocycles. The zero-order valence-corrected chi connectivity index (χ0v) is 3.49. The predicted molar refractivity (Wildman–Crippen MR) is 20.1 cm³/mol. The second-order valence-electron chi connectivity index (χ2n) is 0.733. The van der Waals surface area contributed by atoms with E-state index >= 15 is 0 Å². The molecule has 0 rings (SSSR count). The fraction of sp³-hybridized carbons (Fsp3) is 0. The van der Waals surface area contributed by atoms with Crippen molar-refractivity contribution in [3.8, 4) is 0 Å². The van der Waals surface area contributed by atoms with Gasteiger partial charge in [-0.1, -0.05) is 0 Å². The second kappa shape index (κ2) is 0.985. The number of hydrogen-bond donors (Lipinski definition) is 1. The minimum atomic E-state index is -3.67. The van der Waals surface area contributed by atoms with E-state index in [1.165, 1.54) is 0 Å². The molecule has 0 radical (unpaired) electrons. The first-order valence-electron chi connectivity index (χ1n) is 0.924. The van der Waals surface area contributed by atoms with Gasteiger partial charge in [0, 0.05) is 0 Å². The third-order valence-electron chi connectivity index (χ3n) is 0. The van der Waals surface area contributed by atoms with E-state index < -0.39 is 9.97 Å². The molecule has 5 heavy (non-hydrogen) atoms. The van der Waals surface area contributed by atoms with Gasteiger partial charge in [0.1, 0.15) is 0 Å². The highest BCUT2D eigenvalue weighted by Gasteiger charge is 1.82. The van der Waals surface area contributed by atoms with Crippen LogP contribution in [0.15, 0.2) is 0 Å². The molecule has 0 aromatic heterocycles. The SMILES string of the molecule is BS(=O)(=O)O. The molecule has 5 heteroatoms. The minimum Gasteiger partial charge on any atom is -0.295 e. The van der Waals surface area contributed by atoms with Gasteiger partial charge >= 0.3 is 0 Å². The predicted octanol–water partition coefficient (Wildman–Crippen LogP) is -1.58. The van der Waals surface area contributed by atoms with Crippen molar-refractivity contribution < 1.29 is 13.0 Å². The lowest BCUT2D eigenvalue weighted by atomic mass is 10.8. The van der Waals surface area contributed by atoms with Crippen molar-refractivity contribution in [1.29, 1.82) is 0 Å². The summed E-state index contributed by atoms with van der Waals surface area (Å²) in [5, 5.41) is 0. The molecule has 0 heterocycles. The quantitative estimate of drug-likeness (QED) is 0.291. The van der Waals surface area contributed by atoms with E-state index in [0.717, 1.165) is 0 Å². The van der Waals surface area contributed by atoms with Crippen molar-refractivity contribution >= 4 is 17.1 Å². The van der Waals surface area contributed by atoms with Crippen LogP contribution in [0.3, 0.4) is 0 Å². The van der Waals surface area contributed by atoms with Crippen LogP contribution in [0, 0.1) is 0 Å². The Morgan fingerprint density at radius 3 is 1.60 bits per heavy atom. The molecule has 0 aliphatic carbocycles. The van der Waals surface area contributed by atoms with Crippen molar-refractivity contribution in [2.45, 2.75) is 0 Å². The van der Waals surface area contributed by atoms with E-state index in [1.54, 1.807) is 0 Å². The Labute approximate surface area is 31.1 Å². The maximum absolute atomic E-state index is 9.19. The monoisotopic (exact) mass is 94.0 g/mol. The van der Waals surface area contributed by atoms with Gasteiger partial charge < -0.3 is 0 Å². The summed E-state index contributed by atoms with van der Waals surface area (Å²) in [6.07, 6.45) is 0. The van der Waals surface area contributed by atoms with Gasteiger partial charge in [0.05, 0.1) is 0 Å². The van der Waals surface area contributed by atoms with Gasteiger partial charge in [-0.25, -0.2) is 8.42 Å². The topological polar surface area (TPSA) is 54.4 Å². The lowest BCUT2D eigenvalue weighted by molar-refractivity contribution is 0.501. The summed E-state index contributed by atoms with van der Waals surface area (Å²) >= 11 is 0. The zero-order chi connectivity index (χ0) is 4.50. The third-order valence-corrected chi connectivity index (χ3v) is 0. The number of rotatable bonds is 0. The summed E-state index contributed by atoms with van der Waals surface area (Å²) in [7, 11) is -2.95. The zero-order valence-electron chi connectivity index (χ0n) is 2.67. The number of hydrogen-bond acceptors (Lipinski definition) is 2. The molecule has 0 spiro atoms. The van der Waals surface area contributed by atoms with Crippen LogP contribution in [0.2, 0.25) is 0 Å². The van der Waals surface area contributed by atoms with Crippen LogP contribution in [0.25, 0.3) is 0 Å². The molecule has 3 nitrogen and oxygen atoms in total. The van der Waals surface area contributed by atoms with Crippen LogP contribution in [-0.2, 0) is 9.97 Å². The van der Waals surface area contributed by atoms with Gasteiger partial charge in [-0.3, -0.25) is 4.55 Å². The van der Waals surface area contributed by atoms with Crippen LogP contribution in [0.4, 0.5) is 0 Å². The van der Waals surface area contributed by atoms with Crippen LogP contribution < -0.4 is 0 Å². The van der Waals surface area contributed by atoms with Gasteiger partial charge in [-0.05, 0) is 0 Å². The van der Waals surface area contributed by atoms with Gasteiger partial charge in [-0.15, -0.1) is 0 Å². The lowest BCUT2D eigenvalue weighted by Crippen LogP contribution is -1.91. The van der Waals surface area contributed by atoms with Crippen molar-refractivity contribution in [3.05, 3.63) is 0 Å². The molecular weight excluding hydrogens is 90.9 g/mol. The molecule has 0 saturated heterocycles. The molecule has 0 aromatic rings. The average molecular weight is 93.9 g/mol. The summed E-state index contributed by atoms with van der Waals surface area (Å²) in [6.45, 7) is 0. The van der Waals surface area contributed by atoms with Crippen LogP contribution in [0.1, 0.15) is 0 Å².